The zero-order valence-corrected chi connectivity index (χ0v) is 14.1. The lowest BCUT2D eigenvalue weighted by molar-refractivity contribution is 0.0756. The highest BCUT2D eigenvalue weighted by atomic mass is 32.1. The average molecular weight is 318 g/mol. The molecule has 0 aliphatic heterocycles. The first kappa shape index (κ1) is 16.6. The first-order chi connectivity index (χ1) is 10.6. The summed E-state index contributed by atoms with van der Waals surface area (Å²) in [5.74, 6) is -0.126. The van der Waals surface area contributed by atoms with Crippen molar-refractivity contribution in [1.82, 2.24) is 10.3 Å². The quantitative estimate of drug-likeness (QED) is 0.793. The second-order valence-corrected chi connectivity index (χ2v) is 6.29. The van der Waals surface area contributed by atoms with Crippen molar-refractivity contribution in [3.8, 4) is 10.6 Å². The summed E-state index contributed by atoms with van der Waals surface area (Å²) in [5.41, 5.74) is 2.73. The summed E-state index contributed by atoms with van der Waals surface area (Å²) in [6, 6.07) is 8.15. The molecule has 2 rings (SSSR count). The van der Waals surface area contributed by atoms with Crippen LogP contribution < -0.4 is 5.32 Å². The minimum absolute atomic E-state index is 0.126. The topological polar surface area (TPSA) is 51.2 Å². The van der Waals surface area contributed by atoms with Crippen LogP contribution >= 0.6 is 11.3 Å². The second kappa shape index (κ2) is 8.06. The molecule has 5 heteroatoms. The number of rotatable bonds is 7. The van der Waals surface area contributed by atoms with Crippen LogP contribution in [0.3, 0.4) is 0 Å². The van der Waals surface area contributed by atoms with E-state index in [0.29, 0.717) is 18.8 Å². The van der Waals surface area contributed by atoms with Gasteiger partial charge in [0.15, 0.2) is 0 Å². The van der Waals surface area contributed by atoms with Crippen molar-refractivity contribution in [3.05, 3.63) is 40.9 Å². The fourth-order valence-electron chi connectivity index (χ4n) is 1.89. The van der Waals surface area contributed by atoms with E-state index in [-0.39, 0.29) is 12.0 Å². The number of thiazole rings is 1. The van der Waals surface area contributed by atoms with Crippen LogP contribution in [0.2, 0.25) is 0 Å². The van der Waals surface area contributed by atoms with E-state index < -0.39 is 0 Å². The molecule has 0 saturated heterocycles. The van der Waals surface area contributed by atoms with E-state index in [1.165, 1.54) is 16.9 Å². The summed E-state index contributed by atoms with van der Waals surface area (Å²) >= 11 is 1.49. The molecule has 0 spiro atoms. The third kappa shape index (κ3) is 4.93. The highest BCUT2D eigenvalue weighted by molar-refractivity contribution is 7.13. The van der Waals surface area contributed by atoms with Crippen molar-refractivity contribution in [2.75, 3.05) is 13.2 Å². The fourth-order valence-corrected chi connectivity index (χ4v) is 2.70. The van der Waals surface area contributed by atoms with Crippen LogP contribution in [0, 0.1) is 6.92 Å². The molecule has 0 bridgehead atoms. The summed E-state index contributed by atoms with van der Waals surface area (Å²) in [7, 11) is 0. The number of carbonyl (C=O) groups excluding carboxylic acids is 1. The lowest BCUT2D eigenvalue weighted by Gasteiger charge is -2.07. The Morgan fingerprint density at radius 2 is 2.05 bits per heavy atom. The molecule has 118 valence electrons. The van der Waals surface area contributed by atoms with Gasteiger partial charge >= 0.3 is 0 Å². The molecule has 0 atom stereocenters. The Morgan fingerprint density at radius 1 is 1.32 bits per heavy atom. The highest BCUT2D eigenvalue weighted by Crippen LogP contribution is 2.23. The minimum Gasteiger partial charge on any atom is -0.379 e. The Labute approximate surface area is 135 Å². The van der Waals surface area contributed by atoms with Crippen LogP contribution in [0.5, 0.6) is 0 Å². The van der Waals surface area contributed by atoms with Gasteiger partial charge in [-0.2, -0.15) is 0 Å². The fraction of sp³-hybridized carbons (Fsp3) is 0.412. The largest absolute Gasteiger partial charge is 0.379 e. The van der Waals surface area contributed by atoms with E-state index >= 15 is 0 Å². The van der Waals surface area contributed by atoms with Crippen molar-refractivity contribution >= 4 is 17.2 Å². The van der Waals surface area contributed by atoms with Crippen LogP contribution in [-0.4, -0.2) is 30.1 Å². The maximum atomic E-state index is 12.0. The molecule has 0 saturated carbocycles. The van der Waals surface area contributed by atoms with Crippen molar-refractivity contribution in [2.24, 2.45) is 0 Å². The Morgan fingerprint density at radius 3 is 2.73 bits per heavy atom. The van der Waals surface area contributed by atoms with Crippen LogP contribution in [0.25, 0.3) is 10.6 Å². The molecule has 0 aliphatic rings. The summed E-state index contributed by atoms with van der Waals surface area (Å²) in [5, 5.41) is 5.54. The maximum absolute atomic E-state index is 12.0. The van der Waals surface area contributed by atoms with Crippen molar-refractivity contribution in [2.45, 2.75) is 33.3 Å². The molecular weight excluding hydrogens is 296 g/mol. The van der Waals surface area contributed by atoms with Gasteiger partial charge in [-0.3, -0.25) is 4.79 Å². The Hall–Kier alpha value is -1.72. The molecule has 1 N–H and O–H groups in total. The molecule has 0 fully saturated rings. The van der Waals surface area contributed by atoms with Crippen LogP contribution in [0.4, 0.5) is 0 Å². The Balaban J connectivity index is 1.85. The molecule has 1 aromatic heterocycles. The third-order valence-corrected chi connectivity index (χ3v) is 3.98. The zero-order chi connectivity index (χ0) is 15.9. The van der Waals surface area contributed by atoms with E-state index in [0.717, 1.165) is 17.0 Å². The molecule has 0 unspecified atom stereocenters. The third-order valence-electron chi connectivity index (χ3n) is 3.09. The minimum atomic E-state index is -0.126. The van der Waals surface area contributed by atoms with Gasteiger partial charge in [0.2, 0.25) is 0 Å². The van der Waals surface area contributed by atoms with Crippen LogP contribution in [0.1, 0.15) is 36.3 Å². The van der Waals surface area contributed by atoms with E-state index in [9.17, 15) is 4.79 Å². The molecule has 2 aromatic rings. The maximum Gasteiger partial charge on any atom is 0.270 e. The number of nitrogens with one attached hydrogen (secondary N) is 1. The smallest absolute Gasteiger partial charge is 0.270 e. The first-order valence-corrected chi connectivity index (χ1v) is 8.36. The molecule has 22 heavy (non-hydrogen) atoms. The van der Waals surface area contributed by atoms with E-state index in [1.54, 1.807) is 5.38 Å². The average Bonchev–Trinajstić information content (AvgIpc) is 2.97. The molecule has 1 aromatic carbocycles. The van der Waals surface area contributed by atoms with Crippen molar-refractivity contribution in [3.63, 3.8) is 0 Å². The predicted octanol–water partition coefficient (Wildman–Crippen LogP) is 3.66. The lowest BCUT2D eigenvalue weighted by atomic mass is 10.2. The number of amides is 1. The standard InChI is InChI=1S/C17H22N2O2S/c1-12(2)21-10-4-9-18-16(20)15-11-22-17(19-15)14-7-5-13(3)6-8-14/h5-8,11-12H,4,9-10H2,1-3H3,(H,18,20). The Kier molecular flexibility index (Phi) is 6.10. The zero-order valence-electron chi connectivity index (χ0n) is 13.3. The van der Waals surface area contributed by atoms with Crippen molar-refractivity contribution in [1.29, 1.82) is 0 Å². The molecule has 1 amide bonds. The summed E-state index contributed by atoms with van der Waals surface area (Å²) in [6.07, 6.45) is 1.03. The van der Waals surface area contributed by atoms with Gasteiger partial charge in [0, 0.05) is 24.1 Å². The van der Waals surface area contributed by atoms with Crippen LogP contribution in [0.15, 0.2) is 29.6 Å². The number of benzene rings is 1. The lowest BCUT2D eigenvalue weighted by Crippen LogP contribution is -2.25. The predicted molar refractivity (Wildman–Crippen MR) is 90.3 cm³/mol. The van der Waals surface area contributed by atoms with Gasteiger partial charge in [0.1, 0.15) is 10.7 Å². The van der Waals surface area contributed by atoms with Gasteiger partial charge in [0.25, 0.3) is 5.91 Å². The van der Waals surface area contributed by atoms with Gasteiger partial charge in [-0.25, -0.2) is 4.98 Å². The summed E-state index contributed by atoms with van der Waals surface area (Å²) in [6.45, 7) is 7.31. The van der Waals surface area contributed by atoms with Gasteiger partial charge in [-0.1, -0.05) is 29.8 Å². The number of hydrogen-bond acceptors (Lipinski definition) is 4. The number of aryl methyl sites for hydroxylation is 1. The monoisotopic (exact) mass is 318 g/mol. The number of aromatic nitrogens is 1. The van der Waals surface area contributed by atoms with E-state index in [1.807, 2.05) is 45.0 Å². The summed E-state index contributed by atoms with van der Waals surface area (Å²) < 4.78 is 5.44. The highest BCUT2D eigenvalue weighted by Gasteiger charge is 2.11. The van der Waals surface area contributed by atoms with Gasteiger partial charge in [0.05, 0.1) is 6.10 Å². The van der Waals surface area contributed by atoms with Crippen molar-refractivity contribution < 1.29 is 9.53 Å². The molecule has 0 aliphatic carbocycles. The van der Waals surface area contributed by atoms with E-state index in [4.69, 9.17) is 4.74 Å². The first-order valence-electron chi connectivity index (χ1n) is 7.48. The SMILES string of the molecule is Cc1ccc(-c2nc(C(=O)NCCCOC(C)C)cs2)cc1. The van der Waals surface area contributed by atoms with Gasteiger partial charge in [-0.15, -0.1) is 11.3 Å². The molecule has 4 nitrogen and oxygen atoms in total. The number of carbonyl (C=O) groups is 1. The molecule has 0 radical (unpaired) electrons. The number of nitrogens with zero attached hydrogens (tertiary/aromatic N) is 1. The van der Waals surface area contributed by atoms with Gasteiger partial charge < -0.3 is 10.1 Å². The summed E-state index contributed by atoms with van der Waals surface area (Å²) in [4.78, 5) is 16.4. The van der Waals surface area contributed by atoms with Crippen LogP contribution in [-0.2, 0) is 4.74 Å². The number of ether oxygens (including phenoxy) is 1. The normalized spacial score (nSPS) is 10.9. The Bertz CT molecular complexity index is 605. The van der Waals surface area contributed by atoms with E-state index in [2.05, 4.69) is 10.3 Å². The molecule has 1 heterocycles. The molecular formula is C17H22N2O2S. The van der Waals surface area contributed by atoms with Gasteiger partial charge in [-0.05, 0) is 27.2 Å². The number of hydrogen-bond donors (Lipinski definition) is 1. The second-order valence-electron chi connectivity index (χ2n) is 5.43.